The Morgan fingerprint density at radius 3 is 2.82 bits per heavy atom. The summed E-state index contributed by atoms with van der Waals surface area (Å²) in [5.41, 5.74) is 2.40. The average molecular weight is 232 g/mol. The number of aromatic hydroxyl groups is 1. The van der Waals surface area contributed by atoms with Crippen LogP contribution in [0.1, 0.15) is 24.3 Å². The lowest BCUT2D eigenvalue weighted by Crippen LogP contribution is -2.32. The van der Waals surface area contributed by atoms with Crippen LogP contribution in [0.5, 0.6) is 5.75 Å². The minimum Gasteiger partial charge on any atom is -0.508 e. The number of nitrogens with zero attached hydrogens (tertiary/aromatic N) is 1. The Morgan fingerprint density at radius 1 is 1.29 bits per heavy atom. The van der Waals surface area contributed by atoms with E-state index in [0.717, 1.165) is 19.6 Å². The SMILES string of the molecule is CN1CC(C2CCNCC2)c2c(O)cccc21. The molecule has 0 aromatic heterocycles. The van der Waals surface area contributed by atoms with Crippen LogP contribution in [0.15, 0.2) is 18.2 Å². The van der Waals surface area contributed by atoms with Crippen LogP contribution in [0.25, 0.3) is 0 Å². The molecule has 0 bridgehead atoms. The number of phenols is 1. The summed E-state index contributed by atoms with van der Waals surface area (Å²) in [6, 6.07) is 5.89. The molecule has 1 fully saturated rings. The van der Waals surface area contributed by atoms with Crippen LogP contribution < -0.4 is 10.2 Å². The number of anilines is 1. The zero-order chi connectivity index (χ0) is 11.8. The number of nitrogens with one attached hydrogen (secondary N) is 1. The highest BCUT2D eigenvalue weighted by Crippen LogP contribution is 2.46. The van der Waals surface area contributed by atoms with Crippen molar-refractivity contribution in [3.63, 3.8) is 0 Å². The first-order chi connectivity index (χ1) is 8.27. The third-order valence-electron chi connectivity index (χ3n) is 4.27. The summed E-state index contributed by atoms with van der Waals surface area (Å²) in [5, 5.41) is 13.5. The second-order valence-corrected chi connectivity index (χ2v) is 5.28. The molecule has 0 saturated carbocycles. The number of rotatable bonds is 1. The van der Waals surface area contributed by atoms with Crippen molar-refractivity contribution >= 4 is 5.69 Å². The van der Waals surface area contributed by atoms with Gasteiger partial charge in [0.2, 0.25) is 0 Å². The van der Waals surface area contributed by atoms with Crippen LogP contribution in [0.4, 0.5) is 5.69 Å². The first-order valence-corrected chi connectivity index (χ1v) is 6.51. The van der Waals surface area contributed by atoms with Gasteiger partial charge < -0.3 is 15.3 Å². The van der Waals surface area contributed by atoms with Gasteiger partial charge in [0, 0.05) is 30.8 Å². The molecular formula is C14H20N2O. The van der Waals surface area contributed by atoms with Gasteiger partial charge in [0.15, 0.2) is 0 Å². The summed E-state index contributed by atoms with van der Waals surface area (Å²) in [4.78, 5) is 2.28. The van der Waals surface area contributed by atoms with Crippen molar-refractivity contribution in [2.75, 3.05) is 31.6 Å². The van der Waals surface area contributed by atoms with E-state index in [9.17, 15) is 5.11 Å². The fourth-order valence-electron chi connectivity index (χ4n) is 3.37. The molecule has 2 heterocycles. The van der Waals surface area contributed by atoms with Gasteiger partial charge in [0.1, 0.15) is 5.75 Å². The molecule has 17 heavy (non-hydrogen) atoms. The van der Waals surface area contributed by atoms with Crippen molar-refractivity contribution < 1.29 is 5.11 Å². The average Bonchev–Trinajstić information content (AvgIpc) is 2.70. The van der Waals surface area contributed by atoms with E-state index < -0.39 is 0 Å². The van der Waals surface area contributed by atoms with Crippen LogP contribution in [-0.4, -0.2) is 31.8 Å². The number of piperidine rings is 1. The maximum absolute atomic E-state index is 10.1. The van der Waals surface area contributed by atoms with Gasteiger partial charge in [-0.1, -0.05) is 6.07 Å². The molecule has 1 aromatic rings. The van der Waals surface area contributed by atoms with E-state index in [1.54, 1.807) is 0 Å². The Balaban J connectivity index is 1.94. The van der Waals surface area contributed by atoms with Crippen LogP contribution in [0, 0.1) is 5.92 Å². The van der Waals surface area contributed by atoms with E-state index >= 15 is 0 Å². The van der Waals surface area contributed by atoms with E-state index in [-0.39, 0.29) is 0 Å². The van der Waals surface area contributed by atoms with Crippen molar-refractivity contribution in [3.8, 4) is 5.75 Å². The fraction of sp³-hybridized carbons (Fsp3) is 0.571. The maximum atomic E-state index is 10.1. The number of phenolic OH excluding ortho intramolecular Hbond substituents is 1. The molecule has 3 nitrogen and oxygen atoms in total. The summed E-state index contributed by atoms with van der Waals surface area (Å²) in [6.07, 6.45) is 2.46. The Labute approximate surface area is 102 Å². The Bertz CT molecular complexity index is 413. The molecule has 3 heteroatoms. The number of benzene rings is 1. The number of fused-ring (bicyclic) bond motifs is 1. The van der Waals surface area contributed by atoms with Crippen molar-refractivity contribution in [1.29, 1.82) is 0 Å². The molecule has 0 aliphatic carbocycles. The number of hydrogen-bond acceptors (Lipinski definition) is 3. The van der Waals surface area contributed by atoms with E-state index in [1.807, 2.05) is 12.1 Å². The van der Waals surface area contributed by atoms with Crippen molar-refractivity contribution in [3.05, 3.63) is 23.8 Å². The second kappa shape index (κ2) is 4.22. The maximum Gasteiger partial charge on any atom is 0.121 e. The summed E-state index contributed by atoms with van der Waals surface area (Å²) < 4.78 is 0. The van der Waals surface area contributed by atoms with E-state index in [1.165, 1.54) is 24.1 Å². The summed E-state index contributed by atoms with van der Waals surface area (Å²) in [7, 11) is 2.12. The van der Waals surface area contributed by atoms with Crippen molar-refractivity contribution in [1.82, 2.24) is 5.32 Å². The Morgan fingerprint density at radius 2 is 2.06 bits per heavy atom. The van der Waals surface area contributed by atoms with Crippen molar-refractivity contribution in [2.24, 2.45) is 5.92 Å². The summed E-state index contributed by atoms with van der Waals surface area (Å²) >= 11 is 0. The van der Waals surface area contributed by atoms with Gasteiger partial charge in [-0.25, -0.2) is 0 Å². The highest BCUT2D eigenvalue weighted by molar-refractivity contribution is 5.64. The summed E-state index contributed by atoms with van der Waals surface area (Å²) in [6.45, 7) is 3.29. The van der Waals surface area contributed by atoms with Crippen LogP contribution in [0.2, 0.25) is 0 Å². The lowest BCUT2D eigenvalue weighted by molar-refractivity contribution is 0.322. The molecule has 0 amide bonds. The van der Waals surface area contributed by atoms with Crippen LogP contribution in [-0.2, 0) is 0 Å². The molecule has 0 radical (unpaired) electrons. The lowest BCUT2D eigenvalue weighted by atomic mass is 9.81. The third-order valence-corrected chi connectivity index (χ3v) is 4.27. The molecule has 2 aliphatic rings. The van der Waals surface area contributed by atoms with Crippen LogP contribution in [0.3, 0.4) is 0 Å². The molecule has 92 valence electrons. The second-order valence-electron chi connectivity index (χ2n) is 5.28. The molecular weight excluding hydrogens is 212 g/mol. The zero-order valence-corrected chi connectivity index (χ0v) is 10.3. The van der Waals surface area contributed by atoms with Crippen molar-refractivity contribution in [2.45, 2.75) is 18.8 Å². The predicted octanol–water partition coefficient (Wildman–Crippen LogP) is 1.93. The standard InChI is InChI=1S/C14H20N2O/c1-16-9-11(10-5-7-15-8-6-10)14-12(16)3-2-4-13(14)17/h2-4,10-11,15,17H,5-9H2,1H3. The van der Waals surface area contributed by atoms with E-state index in [2.05, 4.69) is 23.3 Å². The first-order valence-electron chi connectivity index (χ1n) is 6.51. The molecule has 2 aliphatic heterocycles. The lowest BCUT2D eigenvalue weighted by Gasteiger charge is -2.28. The van der Waals surface area contributed by atoms with E-state index in [4.69, 9.17) is 0 Å². The normalized spacial score (nSPS) is 25.0. The fourth-order valence-corrected chi connectivity index (χ4v) is 3.37. The summed E-state index contributed by atoms with van der Waals surface area (Å²) in [5.74, 6) is 1.71. The van der Waals surface area contributed by atoms with Crippen LogP contribution >= 0.6 is 0 Å². The Hall–Kier alpha value is -1.22. The molecule has 1 aromatic carbocycles. The molecule has 1 atom stereocenters. The van der Waals surface area contributed by atoms with Gasteiger partial charge >= 0.3 is 0 Å². The van der Waals surface area contributed by atoms with Gasteiger partial charge in [0.05, 0.1) is 0 Å². The van der Waals surface area contributed by atoms with Gasteiger partial charge in [-0.15, -0.1) is 0 Å². The van der Waals surface area contributed by atoms with Gasteiger partial charge in [-0.05, 0) is 44.0 Å². The van der Waals surface area contributed by atoms with Gasteiger partial charge in [-0.3, -0.25) is 0 Å². The quantitative estimate of drug-likeness (QED) is 0.776. The largest absolute Gasteiger partial charge is 0.508 e. The smallest absolute Gasteiger partial charge is 0.121 e. The monoisotopic (exact) mass is 232 g/mol. The van der Waals surface area contributed by atoms with Gasteiger partial charge in [-0.2, -0.15) is 0 Å². The number of hydrogen-bond donors (Lipinski definition) is 2. The highest BCUT2D eigenvalue weighted by atomic mass is 16.3. The molecule has 1 saturated heterocycles. The third kappa shape index (κ3) is 1.78. The zero-order valence-electron chi connectivity index (χ0n) is 10.3. The van der Waals surface area contributed by atoms with Gasteiger partial charge in [0.25, 0.3) is 0 Å². The molecule has 0 spiro atoms. The van der Waals surface area contributed by atoms with E-state index in [0.29, 0.717) is 17.6 Å². The Kier molecular flexibility index (Phi) is 2.71. The highest BCUT2D eigenvalue weighted by Gasteiger charge is 2.35. The topological polar surface area (TPSA) is 35.5 Å². The predicted molar refractivity (Wildman–Crippen MR) is 69.7 cm³/mol. The molecule has 3 rings (SSSR count). The first kappa shape index (κ1) is 10.9. The minimum absolute atomic E-state index is 0.482. The minimum atomic E-state index is 0.482. The molecule has 1 unspecified atom stereocenters. The molecule has 2 N–H and O–H groups in total. The number of likely N-dealkylation sites (N-methyl/N-ethyl adjacent to an activating group) is 1.